The van der Waals surface area contributed by atoms with Gasteiger partial charge in [-0.05, 0) is 29.9 Å². The van der Waals surface area contributed by atoms with Crippen LogP contribution in [0, 0.1) is 5.92 Å². The van der Waals surface area contributed by atoms with E-state index in [0.29, 0.717) is 11.9 Å². The highest BCUT2D eigenvalue weighted by Crippen LogP contribution is 2.29. The van der Waals surface area contributed by atoms with E-state index in [1.165, 1.54) is 11.1 Å². The molecule has 0 spiro atoms. The summed E-state index contributed by atoms with van der Waals surface area (Å²) in [7, 11) is 0. The molecule has 5 nitrogen and oxygen atoms in total. The smallest absolute Gasteiger partial charge is 0.241 e. The number of rotatable bonds is 3. The van der Waals surface area contributed by atoms with Gasteiger partial charge in [-0.25, -0.2) is 4.68 Å². The molecular weight excluding hydrogens is 250 g/mol. The molecule has 1 unspecified atom stereocenters. The Bertz CT molecular complexity index is 585. The second-order valence-electron chi connectivity index (χ2n) is 5.81. The fourth-order valence-corrected chi connectivity index (χ4v) is 2.78. The molecule has 0 bridgehead atoms. The number of nitrogens with zero attached hydrogens (tertiary/aromatic N) is 3. The summed E-state index contributed by atoms with van der Waals surface area (Å²) < 4.78 is 1.90. The molecule has 0 fully saturated rings. The summed E-state index contributed by atoms with van der Waals surface area (Å²) in [5.41, 5.74) is 8.35. The molecule has 3 N–H and O–H groups in total. The normalized spacial score (nSPS) is 17.9. The Morgan fingerprint density at radius 2 is 2.10 bits per heavy atom. The minimum absolute atomic E-state index is 0.226. The Kier molecular flexibility index (Phi) is 3.34. The molecule has 0 saturated carbocycles. The second-order valence-corrected chi connectivity index (χ2v) is 5.81. The van der Waals surface area contributed by atoms with E-state index < -0.39 is 0 Å². The monoisotopic (exact) mass is 271 g/mol. The van der Waals surface area contributed by atoms with Crippen molar-refractivity contribution in [2.45, 2.75) is 32.7 Å². The van der Waals surface area contributed by atoms with Crippen molar-refractivity contribution in [2.75, 3.05) is 17.6 Å². The van der Waals surface area contributed by atoms with Crippen LogP contribution in [-0.4, -0.2) is 21.3 Å². The molecular formula is C15H21N5. The highest BCUT2D eigenvalue weighted by atomic mass is 15.4. The first-order valence-electron chi connectivity index (χ1n) is 7.18. The summed E-state index contributed by atoms with van der Waals surface area (Å²) in [4.78, 5) is 4.20. The van der Waals surface area contributed by atoms with Gasteiger partial charge in [0, 0.05) is 6.54 Å². The van der Waals surface area contributed by atoms with Crippen molar-refractivity contribution in [3.8, 4) is 0 Å². The van der Waals surface area contributed by atoms with Crippen molar-refractivity contribution in [2.24, 2.45) is 5.92 Å². The fraction of sp³-hybridized carbons (Fsp3) is 0.467. The lowest BCUT2D eigenvalue weighted by Crippen LogP contribution is -2.24. The zero-order chi connectivity index (χ0) is 14.1. The molecule has 0 aliphatic carbocycles. The average Bonchev–Trinajstić information content (AvgIpc) is 2.79. The van der Waals surface area contributed by atoms with E-state index in [4.69, 9.17) is 5.73 Å². The molecule has 0 radical (unpaired) electrons. The van der Waals surface area contributed by atoms with Crippen LogP contribution in [0.3, 0.4) is 0 Å². The summed E-state index contributed by atoms with van der Waals surface area (Å²) in [6, 6.07) is 9.07. The molecule has 3 rings (SSSR count). The number of anilines is 2. The first kappa shape index (κ1) is 13.0. The molecule has 1 atom stereocenters. The van der Waals surface area contributed by atoms with Gasteiger partial charge in [0.05, 0.1) is 6.04 Å². The van der Waals surface area contributed by atoms with E-state index >= 15 is 0 Å². The molecule has 1 aliphatic heterocycles. The molecule has 106 valence electrons. The summed E-state index contributed by atoms with van der Waals surface area (Å²) >= 11 is 0. The highest BCUT2D eigenvalue weighted by molar-refractivity contribution is 5.37. The number of hydrogen-bond donors (Lipinski definition) is 2. The molecule has 2 aromatic rings. The third kappa shape index (κ3) is 2.48. The molecule has 1 aromatic heterocycles. The van der Waals surface area contributed by atoms with Gasteiger partial charge >= 0.3 is 0 Å². The number of nitrogens with two attached hydrogens (primary N) is 1. The van der Waals surface area contributed by atoms with Gasteiger partial charge in [-0.1, -0.05) is 38.1 Å². The summed E-state index contributed by atoms with van der Waals surface area (Å²) in [5, 5.41) is 7.53. The first-order chi connectivity index (χ1) is 9.63. The van der Waals surface area contributed by atoms with Crippen LogP contribution in [0.2, 0.25) is 0 Å². The molecule has 5 heteroatoms. The number of benzene rings is 1. The maximum atomic E-state index is 5.69. The molecule has 0 saturated heterocycles. The van der Waals surface area contributed by atoms with Crippen LogP contribution in [0.1, 0.15) is 37.4 Å². The van der Waals surface area contributed by atoms with Gasteiger partial charge in [-0.15, -0.1) is 5.10 Å². The Hall–Kier alpha value is -2.04. The van der Waals surface area contributed by atoms with E-state index in [0.717, 1.165) is 25.3 Å². The van der Waals surface area contributed by atoms with Gasteiger partial charge < -0.3 is 11.1 Å². The Morgan fingerprint density at radius 1 is 1.35 bits per heavy atom. The predicted molar refractivity (Wildman–Crippen MR) is 80.7 cm³/mol. The molecule has 0 amide bonds. The van der Waals surface area contributed by atoms with E-state index in [1.54, 1.807) is 0 Å². The average molecular weight is 271 g/mol. The van der Waals surface area contributed by atoms with Gasteiger partial charge in [0.1, 0.15) is 0 Å². The third-order valence-corrected chi connectivity index (χ3v) is 3.65. The standard InChI is InChI=1S/C15H21N5/c1-10(2)9-11-3-5-12(6-4-11)13-7-8-17-15-18-14(16)19-20(13)15/h3-6,10,13H,7-9H2,1-2H3,(H3,16,17,18,19). The van der Waals surface area contributed by atoms with Crippen molar-refractivity contribution < 1.29 is 0 Å². The fourth-order valence-electron chi connectivity index (χ4n) is 2.78. The predicted octanol–water partition coefficient (Wildman–Crippen LogP) is 2.46. The topological polar surface area (TPSA) is 68.8 Å². The minimum Gasteiger partial charge on any atom is -0.366 e. The van der Waals surface area contributed by atoms with Gasteiger partial charge in [0.2, 0.25) is 11.9 Å². The number of aromatic nitrogens is 3. The summed E-state index contributed by atoms with van der Waals surface area (Å²) in [6.45, 7) is 5.38. The Balaban J connectivity index is 1.86. The summed E-state index contributed by atoms with van der Waals surface area (Å²) in [5.74, 6) is 1.78. The number of hydrogen-bond acceptors (Lipinski definition) is 4. The molecule has 1 aromatic carbocycles. The number of nitrogen functional groups attached to an aromatic ring is 1. The van der Waals surface area contributed by atoms with E-state index in [9.17, 15) is 0 Å². The second kappa shape index (κ2) is 5.15. The Morgan fingerprint density at radius 3 is 2.80 bits per heavy atom. The van der Waals surface area contributed by atoms with Crippen LogP contribution >= 0.6 is 0 Å². The van der Waals surface area contributed by atoms with Crippen LogP contribution in [0.15, 0.2) is 24.3 Å². The van der Waals surface area contributed by atoms with Crippen molar-refractivity contribution in [1.82, 2.24) is 14.8 Å². The minimum atomic E-state index is 0.226. The van der Waals surface area contributed by atoms with E-state index in [2.05, 4.69) is 53.5 Å². The maximum Gasteiger partial charge on any atom is 0.241 e. The largest absolute Gasteiger partial charge is 0.366 e. The van der Waals surface area contributed by atoms with E-state index in [-0.39, 0.29) is 6.04 Å². The lowest BCUT2D eigenvalue weighted by Gasteiger charge is -2.24. The zero-order valence-corrected chi connectivity index (χ0v) is 12.0. The lowest BCUT2D eigenvalue weighted by molar-refractivity contribution is 0.481. The highest BCUT2D eigenvalue weighted by Gasteiger charge is 2.23. The molecule has 20 heavy (non-hydrogen) atoms. The molecule has 1 aliphatic rings. The van der Waals surface area contributed by atoms with Crippen LogP contribution in [-0.2, 0) is 6.42 Å². The number of fused-ring (bicyclic) bond motifs is 1. The van der Waals surface area contributed by atoms with Crippen LogP contribution in [0.5, 0.6) is 0 Å². The quantitative estimate of drug-likeness (QED) is 0.899. The van der Waals surface area contributed by atoms with Crippen molar-refractivity contribution >= 4 is 11.9 Å². The van der Waals surface area contributed by atoms with Crippen LogP contribution in [0.4, 0.5) is 11.9 Å². The van der Waals surface area contributed by atoms with Crippen molar-refractivity contribution in [3.63, 3.8) is 0 Å². The van der Waals surface area contributed by atoms with Gasteiger partial charge in [-0.3, -0.25) is 0 Å². The number of nitrogens with one attached hydrogen (secondary N) is 1. The lowest BCUT2D eigenvalue weighted by atomic mass is 9.98. The summed E-state index contributed by atoms with van der Waals surface area (Å²) in [6.07, 6.45) is 2.12. The third-order valence-electron chi connectivity index (χ3n) is 3.65. The zero-order valence-electron chi connectivity index (χ0n) is 12.0. The van der Waals surface area contributed by atoms with Crippen molar-refractivity contribution in [3.05, 3.63) is 35.4 Å². The van der Waals surface area contributed by atoms with Gasteiger partial charge in [0.15, 0.2) is 0 Å². The molecule has 2 heterocycles. The van der Waals surface area contributed by atoms with Crippen LogP contribution in [0.25, 0.3) is 0 Å². The van der Waals surface area contributed by atoms with E-state index in [1.807, 2.05) is 4.68 Å². The van der Waals surface area contributed by atoms with Crippen molar-refractivity contribution in [1.29, 1.82) is 0 Å². The SMILES string of the molecule is CC(C)Cc1ccc(C2CCNc3nc(N)nn32)cc1. The Labute approximate surface area is 119 Å². The van der Waals surface area contributed by atoms with Gasteiger partial charge in [-0.2, -0.15) is 4.98 Å². The first-order valence-corrected chi connectivity index (χ1v) is 7.18. The maximum absolute atomic E-state index is 5.69. The van der Waals surface area contributed by atoms with Gasteiger partial charge in [0.25, 0.3) is 0 Å². The van der Waals surface area contributed by atoms with Crippen LogP contribution < -0.4 is 11.1 Å².